The predicted molar refractivity (Wildman–Crippen MR) is 82.8 cm³/mol. The smallest absolute Gasteiger partial charge is 0.232 e. The lowest BCUT2D eigenvalue weighted by molar-refractivity contribution is 0.125. The Morgan fingerprint density at radius 2 is 1.86 bits per heavy atom. The summed E-state index contributed by atoms with van der Waals surface area (Å²) >= 11 is 0. The van der Waals surface area contributed by atoms with E-state index in [2.05, 4.69) is 25.2 Å². The molecule has 7 nitrogen and oxygen atoms in total. The van der Waals surface area contributed by atoms with Crippen LogP contribution in [0.25, 0.3) is 0 Å². The third-order valence-electron chi connectivity index (χ3n) is 4.29. The van der Waals surface area contributed by atoms with Crippen molar-refractivity contribution < 1.29 is 5.11 Å². The molecule has 2 aliphatic rings. The van der Waals surface area contributed by atoms with Gasteiger partial charge in [-0.15, -0.1) is 0 Å². The number of nitrogens with zero attached hydrogens (tertiary/aromatic N) is 5. The number of hydrogen-bond donors (Lipinski definition) is 2. The van der Waals surface area contributed by atoms with Gasteiger partial charge in [0, 0.05) is 32.7 Å². The Balaban J connectivity index is 1.94. The molecule has 3 rings (SSSR count). The molecule has 0 radical (unpaired) electrons. The Hall–Kier alpha value is -1.63. The summed E-state index contributed by atoms with van der Waals surface area (Å²) in [5, 5.41) is 13.1. The summed E-state index contributed by atoms with van der Waals surface area (Å²) in [6, 6.07) is 0.705. The van der Waals surface area contributed by atoms with Gasteiger partial charge in [0.1, 0.15) is 0 Å². The second kappa shape index (κ2) is 5.63. The molecule has 2 fully saturated rings. The van der Waals surface area contributed by atoms with Crippen molar-refractivity contribution in [1.82, 2.24) is 15.0 Å². The summed E-state index contributed by atoms with van der Waals surface area (Å²) < 4.78 is 0. The van der Waals surface area contributed by atoms with Crippen molar-refractivity contribution in [2.45, 2.75) is 50.8 Å². The fourth-order valence-corrected chi connectivity index (χ4v) is 3.38. The number of aliphatic hydroxyl groups is 1. The molecule has 0 aliphatic carbocycles. The normalized spacial score (nSPS) is 27.8. The number of piperidine rings is 1. The first-order valence-corrected chi connectivity index (χ1v) is 7.72. The predicted octanol–water partition coefficient (Wildman–Crippen LogP) is 0.861. The third-order valence-corrected chi connectivity index (χ3v) is 4.29. The van der Waals surface area contributed by atoms with E-state index < -0.39 is 0 Å². The largest absolute Gasteiger partial charge is 0.393 e. The highest BCUT2D eigenvalue weighted by molar-refractivity contribution is 5.47. The summed E-state index contributed by atoms with van der Waals surface area (Å²) in [6.07, 6.45) is 3.68. The molecule has 0 amide bonds. The maximum Gasteiger partial charge on any atom is 0.232 e. The van der Waals surface area contributed by atoms with Gasteiger partial charge >= 0.3 is 0 Å². The van der Waals surface area contributed by atoms with Crippen LogP contribution >= 0.6 is 0 Å². The van der Waals surface area contributed by atoms with Crippen LogP contribution in [-0.4, -0.2) is 58.9 Å². The van der Waals surface area contributed by atoms with Crippen molar-refractivity contribution in [1.29, 1.82) is 0 Å². The van der Waals surface area contributed by atoms with E-state index in [9.17, 15) is 5.11 Å². The molecule has 1 aromatic rings. The van der Waals surface area contributed by atoms with Gasteiger partial charge < -0.3 is 20.2 Å². The standard InChI is InChI=1S/C14H24N6O/c1-4-15-12-16-13(19(2)3)18-14(17-12)20-9-5-6-10(20)8-11(21)7-9/h9-11,21H,4-8H2,1-3H3,(H,15,16,17,18). The van der Waals surface area contributed by atoms with E-state index in [1.807, 2.05) is 25.9 Å². The van der Waals surface area contributed by atoms with E-state index in [-0.39, 0.29) is 6.10 Å². The van der Waals surface area contributed by atoms with E-state index in [1.165, 1.54) is 0 Å². The lowest BCUT2D eigenvalue weighted by atomic mass is 10.0. The highest BCUT2D eigenvalue weighted by atomic mass is 16.3. The molecule has 21 heavy (non-hydrogen) atoms. The molecule has 7 heteroatoms. The van der Waals surface area contributed by atoms with Gasteiger partial charge in [-0.3, -0.25) is 0 Å². The lowest BCUT2D eigenvalue weighted by Gasteiger charge is -2.37. The van der Waals surface area contributed by atoms with E-state index >= 15 is 0 Å². The van der Waals surface area contributed by atoms with Crippen molar-refractivity contribution in [2.75, 3.05) is 35.8 Å². The summed E-state index contributed by atoms with van der Waals surface area (Å²) in [7, 11) is 3.87. The molecule has 3 heterocycles. The van der Waals surface area contributed by atoms with Gasteiger partial charge in [-0.1, -0.05) is 0 Å². The minimum absolute atomic E-state index is 0.179. The molecule has 2 atom stereocenters. The van der Waals surface area contributed by atoms with E-state index in [1.54, 1.807) is 0 Å². The zero-order chi connectivity index (χ0) is 15.0. The molecule has 2 saturated heterocycles. The van der Waals surface area contributed by atoms with Crippen LogP contribution < -0.4 is 15.1 Å². The van der Waals surface area contributed by atoms with Crippen LogP contribution in [0.1, 0.15) is 32.6 Å². The molecule has 0 saturated carbocycles. The van der Waals surface area contributed by atoms with Crippen molar-refractivity contribution in [3.05, 3.63) is 0 Å². The molecular formula is C14H24N6O. The first-order chi connectivity index (χ1) is 10.1. The molecule has 0 aromatic carbocycles. The number of aliphatic hydroxyl groups excluding tert-OH is 1. The van der Waals surface area contributed by atoms with Gasteiger partial charge in [-0.05, 0) is 32.6 Å². The minimum atomic E-state index is -0.179. The Kier molecular flexibility index (Phi) is 3.84. The van der Waals surface area contributed by atoms with Gasteiger partial charge in [0.15, 0.2) is 0 Å². The van der Waals surface area contributed by atoms with Crippen LogP contribution in [0.4, 0.5) is 17.8 Å². The molecule has 0 spiro atoms. The third kappa shape index (κ3) is 2.74. The SMILES string of the molecule is CCNc1nc(N(C)C)nc(N2C3CCC2CC(O)C3)n1. The highest BCUT2D eigenvalue weighted by Gasteiger charge is 2.41. The number of hydrogen-bond acceptors (Lipinski definition) is 7. The molecule has 2 aliphatic heterocycles. The summed E-state index contributed by atoms with van der Waals surface area (Å²) in [5.41, 5.74) is 0. The van der Waals surface area contributed by atoms with Gasteiger partial charge in [-0.2, -0.15) is 15.0 Å². The number of nitrogens with one attached hydrogen (secondary N) is 1. The zero-order valence-corrected chi connectivity index (χ0v) is 13.0. The van der Waals surface area contributed by atoms with Crippen LogP contribution in [0.3, 0.4) is 0 Å². The van der Waals surface area contributed by atoms with E-state index in [0.29, 0.717) is 24.0 Å². The zero-order valence-electron chi connectivity index (χ0n) is 13.0. The summed E-state index contributed by atoms with van der Waals surface area (Å²) in [6.45, 7) is 2.81. The van der Waals surface area contributed by atoms with Crippen molar-refractivity contribution >= 4 is 17.8 Å². The fraction of sp³-hybridized carbons (Fsp3) is 0.786. The Labute approximate surface area is 125 Å². The number of anilines is 3. The van der Waals surface area contributed by atoms with Gasteiger partial charge in [-0.25, -0.2) is 0 Å². The van der Waals surface area contributed by atoms with Crippen LogP contribution in [0, 0.1) is 0 Å². The first-order valence-electron chi connectivity index (χ1n) is 7.72. The van der Waals surface area contributed by atoms with Crippen LogP contribution in [0.15, 0.2) is 0 Å². The monoisotopic (exact) mass is 292 g/mol. The number of aromatic nitrogens is 3. The summed E-state index contributed by atoms with van der Waals surface area (Å²) in [4.78, 5) is 17.8. The second-order valence-corrected chi connectivity index (χ2v) is 6.10. The first kappa shape index (κ1) is 14.3. The maximum atomic E-state index is 9.94. The van der Waals surface area contributed by atoms with Crippen molar-refractivity contribution in [3.8, 4) is 0 Å². The average Bonchev–Trinajstić information content (AvgIpc) is 2.71. The number of fused-ring (bicyclic) bond motifs is 2. The number of rotatable bonds is 4. The topological polar surface area (TPSA) is 77.4 Å². The molecule has 116 valence electrons. The lowest BCUT2D eigenvalue weighted by Crippen LogP contribution is -2.45. The van der Waals surface area contributed by atoms with Crippen LogP contribution in [0.5, 0.6) is 0 Å². The Bertz CT molecular complexity index is 494. The highest BCUT2D eigenvalue weighted by Crippen LogP contribution is 2.38. The Morgan fingerprint density at radius 1 is 1.19 bits per heavy atom. The molecular weight excluding hydrogens is 268 g/mol. The second-order valence-electron chi connectivity index (χ2n) is 6.10. The summed E-state index contributed by atoms with van der Waals surface area (Å²) in [5.74, 6) is 2.03. The maximum absolute atomic E-state index is 9.94. The molecule has 1 aromatic heterocycles. The van der Waals surface area contributed by atoms with Crippen molar-refractivity contribution in [3.63, 3.8) is 0 Å². The molecule has 2 unspecified atom stereocenters. The quantitative estimate of drug-likeness (QED) is 0.852. The average molecular weight is 292 g/mol. The van der Waals surface area contributed by atoms with Gasteiger partial charge in [0.2, 0.25) is 17.8 Å². The van der Waals surface area contributed by atoms with Crippen LogP contribution in [-0.2, 0) is 0 Å². The minimum Gasteiger partial charge on any atom is -0.393 e. The molecule has 2 N–H and O–H groups in total. The Morgan fingerprint density at radius 3 is 2.43 bits per heavy atom. The van der Waals surface area contributed by atoms with Crippen molar-refractivity contribution in [2.24, 2.45) is 0 Å². The van der Waals surface area contributed by atoms with E-state index in [4.69, 9.17) is 0 Å². The van der Waals surface area contributed by atoms with E-state index in [0.717, 1.165) is 38.2 Å². The van der Waals surface area contributed by atoms with Gasteiger partial charge in [0.25, 0.3) is 0 Å². The fourth-order valence-electron chi connectivity index (χ4n) is 3.38. The molecule has 2 bridgehead atoms. The van der Waals surface area contributed by atoms with Crippen LogP contribution in [0.2, 0.25) is 0 Å². The van der Waals surface area contributed by atoms with Gasteiger partial charge in [0.05, 0.1) is 6.10 Å².